The van der Waals surface area contributed by atoms with Gasteiger partial charge in [0.25, 0.3) is 5.91 Å². The first-order valence-electron chi connectivity index (χ1n) is 3.80. The summed E-state index contributed by atoms with van der Waals surface area (Å²) in [6.45, 7) is 0. The number of halogens is 4. The fourth-order valence-electron chi connectivity index (χ4n) is 1.04. The summed E-state index contributed by atoms with van der Waals surface area (Å²) in [6.07, 6.45) is -4.67. The van der Waals surface area contributed by atoms with Crippen LogP contribution in [-0.4, -0.2) is 22.7 Å². The molecule has 0 spiro atoms. The Bertz CT molecular complexity index is 399. The highest BCUT2D eigenvalue weighted by Crippen LogP contribution is 2.35. The van der Waals surface area contributed by atoms with Gasteiger partial charge in [0.05, 0.1) is 0 Å². The van der Waals surface area contributed by atoms with Crippen LogP contribution in [0.25, 0.3) is 0 Å². The van der Waals surface area contributed by atoms with Crippen molar-refractivity contribution in [3.63, 3.8) is 0 Å². The Hall–Kier alpha value is -1.24. The Balaban J connectivity index is 3.33. The predicted molar refractivity (Wildman–Crippen MR) is 46.6 cm³/mol. The molecule has 1 N–H and O–H groups in total. The second-order valence-electron chi connectivity index (χ2n) is 2.71. The van der Waals surface area contributed by atoms with Crippen molar-refractivity contribution >= 4 is 17.5 Å². The van der Waals surface area contributed by atoms with Crippen LogP contribution >= 0.6 is 11.6 Å². The molecule has 0 aliphatic carbocycles. The van der Waals surface area contributed by atoms with Crippen LogP contribution in [0.4, 0.5) is 13.2 Å². The molecule has 4 nitrogen and oxygen atoms in total. The average molecular weight is 242 g/mol. The topological polar surface area (TPSA) is 46.9 Å². The summed E-state index contributed by atoms with van der Waals surface area (Å²) in [5, 5.41) is 4.64. The fraction of sp³-hybridized carbons (Fsp3) is 0.429. The summed E-state index contributed by atoms with van der Waals surface area (Å²) in [5.41, 5.74) is -1.57. The second kappa shape index (κ2) is 3.73. The highest BCUT2D eigenvalue weighted by atomic mass is 35.5. The first-order chi connectivity index (χ1) is 6.79. The number of nitrogens with zero attached hydrogens (tertiary/aromatic N) is 2. The Morgan fingerprint density at radius 3 is 2.40 bits per heavy atom. The number of rotatable bonds is 1. The Morgan fingerprint density at radius 1 is 1.53 bits per heavy atom. The van der Waals surface area contributed by atoms with Crippen molar-refractivity contribution in [2.75, 3.05) is 7.05 Å². The highest BCUT2D eigenvalue weighted by Gasteiger charge is 2.39. The molecule has 84 valence electrons. The third-order valence-corrected chi connectivity index (χ3v) is 2.06. The molecule has 0 saturated heterocycles. The van der Waals surface area contributed by atoms with Gasteiger partial charge in [0.2, 0.25) is 0 Å². The van der Waals surface area contributed by atoms with Gasteiger partial charge in [-0.25, -0.2) is 0 Å². The molecule has 1 aromatic rings. The van der Waals surface area contributed by atoms with Gasteiger partial charge >= 0.3 is 6.18 Å². The minimum Gasteiger partial charge on any atom is -0.354 e. The van der Waals surface area contributed by atoms with Crippen LogP contribution in [0, 0.1) is 0 Å². The standard InChI is InChI=1S/C7H7ClF3N3O/c1-12-6(15)4-3(8)5(7(9,10)11)13-14(4)2/h1-2H3,(H,12,15). The summed E-state index contributed by atoms with van der Waals surface area (Å²) in [6, 6.07) is 0. The van der Waals surface area contributed by atoms with E-state index in [1.165, 1.54) is 14.1 Å². The van der Waals surface area contributed by atoms with Crippen molar-refractivity contribution in [2.24, 2.45) is 7.05 Å². The molecule has 0 fully saturated rings. The fourth-order valence-corrected chi connectivity index (χ4v) is 1.40. The molecule has 1 amide bonds. The van der Waals surface area contributed by atoms with Crippen LogP contribution in [0.1, 0.15) is 16.2 Å². The Labute approximate surface area is 88.0 Å². The SMILES string of the molecule is CNC(=O)c1c(Cl)c(C(F)(F)F)nn1C. The van der Waals surface area contributed by atoms with Gasteiger partial charge in [0.15, 0.2) is 5.69 Å². The molecule has 8 heteroatoms. The van der Waals surface area contributed by atoms with Gasteiger partial charge in [-0.3, -0.25) is 9.48 Å². The van der Waals surface area contributed by atoms with Crippen LogP contribution < -0.4 is 5.32 Å². The van der Waals surface area contributed by atoms with E-state index in [1.807, 2.05) is 0 Å². The largest absolute Gasteiger partial charge is 0.436 e. The third-order valence-electron chi connectivity index (χ3n) is 1.70. The van der Waals surface area contributed by atoms with Gasteiger partial charge in [0, 0.05) is 14.1 Å². The molecule has 0 bridgehead atoms. The quantitative estimate of drug-likeness (QED) is 0.809. The number of hydrogen-bond donors (Lipinski definition) is 1. The highest BCUT2D eigenvalue weighted by molar-refractivity contribution is 6.34. The molecular formula is C7H7ClF3N3O. The Kier molecular flexibility index (Phi) is 2.94. The summed E-state index contributed by atoms with van der Waals surface area (Å²) in [4.78, 5) is 11.2. The zero-order valence-electron chi connectivity index (χ0n) is 7.81. The molecule has 0 aliphatic heterocycles. The number of nitrogens with one attached hydrogen (secondary N) is 1. The molecule has 1 rings (SSSR count). The van der Waals surface area contributed by atoms with Crippen molar-refractivity contribution in [1.29, 1.82) is 0 Å². The van der Waals surface area contributed by atoms with E-state index >= 15 is 0 Å². The summed E-state index contributed by atoms with van der Waals surface area (Å²) in [7, 11) is 2.50. The zero-order chi connectivity index (χ0) is 11.8. The maximum absolute atomic E-state index is 12.3. The second-order valence-corrected chi connectivity index (χ2v) is 3.09. The first kappa shape index (κ1) is 11.8. The lowest BCUT2D eigenvalue weighted by Gasteiger charge is -2.01. The van der Waals surface area contributed by atoms with E-state index in [4.69, 9.17) is 11.6 Å². The van der Waals surface area contributed by atoms with Gasteiger partial charge in [-0.15, -0.1) is 0 Å². The first-order valence-corrected chi connectivity index (χ1v) is 4.18. The van der Waals surface area contributed by atoms with E-state index in [0.717, 1.165) is 4.68 Å². The van der Waals surface area contributed by atoms with Crippen LogP contribution in [0.5, 0.6) is 0 Å². The number of aromatic nitrogens is 2. The monoisotopic (exact) mass is 241 g/mol. The normalized spacial score (nSPS) is 11.6. The number of amides is 1. The van der Waals surface area contributed by atoms with Gasteiger partial charge in [0.1, 0.15) is 10.7 Å². The van der Waals surface area contributed by atoms with E-state index in [-0.39, 0.29) is 5.69 Å². The van der Waals surface area contributed by atoms with Crippen LogP contribution in [-0.2, 0) is 13.2 Å². The van der Waals surface area contributed by atoms with Crippen molar-refractivity contribution in [3.8, 4) is 0 Å². The van der Waals surface area contributed by atoms with E-state index in [2.05, 4.69) is 10.4 Å². The lowest BCUT2D eigenvalue weighted by molar-refractivity contribution is -0.141. The number of carbonyl (C=O) groups excluding carboxylic acids is 1. The molecule has 0 atom stereocenters. The molecule has 0 aliphatic rings. The molecular weight excluding hydrogens is 235 g/mol. The maximum atomic E-state index is 12.3. The smallest absolute Gasteiger partial charge is 0.354 e. The van der Waals surface area contributed by atoms with Gasteiger partial charge < -0.3 is 5.32 Å². The van der Waals surface area contributed by atoms with E-state index in [1.54, 1.807) is 0 Å². The van der Waals surface area contributed by atoms with E-state index in [9.17, 15) is 18.0 Å². The summed E-state index contributed by atoms with van der Waals surface area (Å²) < 4.78 is 37.7. The van der Waals surface area contributed by atoms with Gasteiger partial charge in [-0.05, 0) is 0 Å². The molecule has 0 unspecified atom stereocenters. The van der Waals surface area contributed by atoms with Crippen molar-refractivity contribution in [1.82, 2.24) is 15.1 Å². The molecule has 15 heavy (non-hydrogen) atoms. The van der Waals surface area contributed by atoms with E-state index in [0.29, 0.717) is 0 Å². The number of aryl methyl sites for hydroxylation is 1. The number of hydrogen-bond acceptors (Lipinski definition) is 2. The molecule has 0 aromatic carbocycles. The average Bonchev–Trinajstić information content (AvgIpc) is 2.40. The maximum Gasteiger partial charge on any atom is 0.436 e. The molecule has 1 aromatic heterocycles. The third kappa shape index (κ3) is 2.06. The molecule has 0 radical (unpaired) electrons. The van der Waals surface area contributed by atoms with Crippen LogP contribution in [0.3, 0.4) is 0 Å². The van der Waals surface area contributed by atoms with Crippen molar-refractivity contribution in [3.05, 3.63) is 16.4 Å². The molecule has 0 saturated carbocycles. The van der Waals surface area contributed by atoms with Crippen molar-refractivity contribution in [2.45, 2.75) is 6.18 Å². The Morgan fingerprint density at radius 2 is 2.07 bits per heavy atom. The number of alkyl halides is 3. The molecule has 1 heterocycles. The zero-order valence-corrected chi connectivity index (χ0v) is 8.57. The minimum atomic E-state index is -4.67. The predicted octanol–water partition coefficient (Wildman–Crippen LogP) is 1.45. The van der Waals surface area contributed by atoms with Crippen molar-refractivity contribution < 1.29 is 18.0 Å². The van der Waals surface area contributed by atoms with Crippen LogP contribution in [0.2, 0.25) is 5.02 Å². The van der Waals surface area contributed by atoms with E-state index < -0.39 is 22.8 Å². The summed E-state index contributed by atoms with van der Waals surface area (Å²) in [5.74, 6) is -0.717. The minimum absolute atomic E-state index is 0.313. The van der Waals surface area contributed by atoms with Crippen LogP contribution in [0.15, 0.2) is 0 Å². The van der Waals surface area contributed by atoms with Gasteiger partial charge in [-0.2, -0.15) is 18.3 Å². The van der Waals surface area contributed by atoms with Gasteiger partial charge in [-0.1, -0.05) is 11.6 Å². The lowest BCUT2D eigenvalue weighted by atomic mass is 10.3. The lowest BCUT2D eigenvalue weighted by Crippen LogP contribution is -2.21. The number of carbonyl (C=O) groups is 1. The summed E-state index contributed by atoms with van der Waals surface area (Å²) >= 11 is 5.42.